The van der Waals surface area contributed by atoms with E-state index in [0.717, 1.165) is 12.1 Å². The third-order valence-corrected chi connectivity index (χ3v) is 1.49. The third-order valence-electron chi connectivity index (χ3n) is 1.49. The van der Waals surface area contributed by atoms with Gasteiger partial charge in [0.25, 0.3) is 5.75 Å². The Morgan fingerprint density at radius 1 is 1.07 bits per heavy atom. The molecule has 0 aromatic heterocycles. The molecule has 0 saturated carbocycles. The van der Waals surface area contributed by atoms with Crippen LogP contribution in [0.15, 0.2) is 12.1 Å². The quantitative estimate of drug-likeness (QED) is 0.418. The summed E-state index contributed by atoms with van der Waals surface area (Å²) in [6.07, 6.45) is 0. The number of hydrogen-bond donors (Lipinski definition) is 2. The molecule has 9 heteroatoms. The van der Waals surface area contributed by atoms with E-state index >= 15 is 0 Å². The summed E-state index contributed by atoms with van der Waals surface area (Å²) < 4.78 is 0. The molecule has 0 aliphatic carbocycles. The number of hydrogen-bond acceptors (Lipinski definition) is 6. The van der Waals surface area contributed by atoms with Crippen LogP contribution in [0.3, 0.4) is 0 Å². The summed E-state index contributed by atoms with van der Waals surface area (Å²) in [5.41, 5.74) is -1.89. The van der Waals surface area contributed by atoms with E-state index in [1.54, 1.807) is 0 Å². The van der Waals surface area contributed by atoms with E-state index in [-0.39, 0.29) is 27.3 Å². The van der Waals surface area contributed by atoms with Gasteiger partial charge in [0.1, 0.15) is 0 Å². The molecular weight excluding hydrogens is 403 g/mol. The van der Waals surface area contributed by atoms with E-state index in [2.05, 4.69) is 0 Å². The summed E-state index contributed by atoms with van der Waals surface area (Å²) in [5.74, 6) is -1.97. The van der Waals surface area contributed by atoms with Gasteiger partial charge < -0.3 is 10.2 Å². The molecule has 1 aromatic carbocycles. The first kappa shape index (κ1) is 13.5. The van der Waals surface area contributed by atoms with E-state index in [4.69, 9.17) is 10.2 Å². The van der Waals surface area contributed by atoms with Crippen molar-refractivity contribution in [2.24, 2.45) is 0 Å². The smallest absolute Gasteiger partial charge is 0.359 e. The van der Waals surface area contributed by atoms with Crippen molar-refractivity contribution in [1.29, 1.82) is 0 Å². The van der Waals surface area contributed by atoms with Crippen LogP contribution < -0.4 is 0 Å². The van der Waals surface area contributed by atoms with Crippen molar-refractivity contribution < 1.29 is 20.1 Å². The van der Waals surface area contributed by atoms with Crippen LogP contribution in [0.25, 0.3) is 0 Å². The summed E-state index contributed by atoms with van der Waals surface area (Å²) in [5, 5.41) is 38.5. The van der Waals surface area contributed by atoms with Crippen LogP contribution in [0.1, 0.15) is 0 Å². The molecule has 0 heterocycles. The Hall–Kier alpha value is -1.46. The van der Waals surface area contributed by atoms with Crippen LogP contribution in [-0.4, -0.2) is 47.4 Å². The van der Waals surface area contributed by atoms with E-state index in [0.29, 0.717) is 0 Å². The normalized spacial score (nSPS) is 9.07. The van der Waals surface area contributed by atoms with Gasteiger partial charge in [-0.25, -0.2) is 0 Å². The molecule has 2 N–H and O–H groups in total. The third kappa shape index (κ3) is 2.51. The van der Waals surface area contributed by atoms with Crippen molar-refractivity contribution in [3.05, 3.63) is 32.4 Å². The summed E-state index contributed by atoms with van der Waals surface area (Å²) in [4.78, 5) is 18.4. The zero-order chi connectivity index (χ0) is 10.9. The van der Waals surface area contributed by atoms with Gasteiger partial charge in [-0.15, -0.1) is 0 Å². The predicted molar refractivity (Wildman–Crippen MR) is 48.8 cm³/mol. The van der Waals surface area contributed by atoms with Gasteiger partial charge in [-0.2, -0.15) is 0 Å². The Morgan fingerprint density at radius 2 is 1.60 bits per heavy atom. The molecule has 8 nitrogen and oxygen atoms in total. The number of phenols is 2. The first-order valence-electron chi connectivity index (χ1n) is 3.29. The summed E-state index contributed by atoms with van der Waals surface area (Å²) >= 11 is 0. The topological polar surface area (TPSA) is 127 Å². The largest absolute Gasteiger partial charge is 0.502 e. The van der Waals surface area contributed by atoms with E-state index in [9.17, 15) is 20.2 Å². The van der Waals surface area contributed by atoms with Crippen LogP contribution >= 0.6 is 0 Å². The molecule has 0 spiro atoms. The van der Waals surface area contributed by atoms with Crippen molar-refractivity contribution in [3.8, 4) is 11.5 Å². The van der Waals surface area contributed by atoms with Crippen molar-refractivity contribution >= 4 is 38.7 Å². The Kier molecular flexibility index (Phi) is 4.39. The van der Waals surface area contributed by atoms with Crippen molar-refractivity contribution in [3.63, 3.8) is 0 Å². The molecule has 0 aliphatic rings. The van der Waals surface area contributed by atoms with Crippen LogP contribution in [0.2, 0.25) is 0 Å². The van der Waals surface area contributed by atoms with Gasteiger partial charge in [0.2, 0.25) is 0 Å². The SMILES string of the molecule is O=[N+]([O-])c1ccc(O)c([N+](=O)[O-])c1O.[Pb]. The number of aromatic hydroxyl groups is 2. The van der Waals surface area contributed by atoms with Crippen molar-refractivity contribution in [2.75, 3.05) is 0 Å². The van der Waals surface area contributed by atoms with Crippen LogP contribution in [0.5, 0.6) is 11.5 Å². The van der Waals surface area contributed by atoms with E-state index in [1.807, 2.05) is 0 Å². The maximum absolute atomic E-state index is 10.3. The minimum absolute atomic E-state index is 0. The van der Waals surface area contributed by atoms with Gasteiger partial charge >= 0.3 is 11.4 Å². The van der Waals surface area contributed by atoms with Crippen molar-refractivity contribution in [2.45, 2.75) is 0 Å². The standard InChI is InChI=1S/C6H4N2O6.Pb/c9-4-2-1-3(7(11)12)6(10)5(4)8(13)14;/h1-2,9-10H;. The molecule has 4 radical (unpaired) electrons. The number of rotatable bonds is 2. The van der Waals surface area contributed by atoms with E-state index < -0.39 is 32.7 Å². The van der Waals surface area contributed by atoms with Gasteiger partial charge in [-0.1, -0.05) is 0 Å². The first-order chi connectivity index (χ1) is 6.45. The van der Waals surface area contributed by atoms with Gasteiger partial charge in [-0.3, -0.25) is 20.2 Å². The molecular formula is C6H4N2O6Pb. The number of nitro benzene ring substituents is 2. The Morgan fingerprint density at radius 3 is 2.00 bits per heavy atom. The average molecular weight is 407 g/mol. The fourth-order valence-electron chi connectivity index (χ4n) is 0.886. The zero-order valence-corrected chi connectivity index (χ0v) is 11.0. The maximum atomic E-state index is 10.3. The zero-order valence-electron chi connectivity index (χ0n) is 7.08. The number of nitro groups is 2. The molecule has 1 rings (SSSR count). The molecule has 0 bridgehead atoms. The molecule has 0 fully saturated rings. The monoisotopic (exact) mass is 408 g/mol. The van der Waals surface area contributed by atoms with E-state index in [1.165, 1.54) is 0 Å². The first-order valence-corrected chi connectivity index (χ1v) is 3.29. The molecule has 0 aliphatic heterocycles. The van der Waals surface area contributed by atoms with Gasteiger partial charge in [0.05, 0.1) is 9.85 Å². The minimum atomic E-state index is -1.15. The Bertz CT molecular complexity index is 420. The summed E-state index contributed by atoms with van der Waals surface area (Å²) in [6, 6.07) is 1.55. The Balaban J connectivity index is 0.00000196. The number of phenolic OH excluding ortho intramolecular Hbond substituents is 2. The van der Waals surface area contributed by atoms with Crippen LogP contribution in [0.4, 0.5) is 11.4 Å². The fourth-order valence-corrected chi connectivity index (χ4v) is 0.886. The maximum Gasteiger partial charge on any atom is 0.359 e. The Labute approximate surface area is 103 Å². The molecule has 0 amide bonds. The average Bonchev–Trinajstić information content (AvgIpc) is 2.02. The number of nitrogens with zero attached hydrogens (tertiary/aromatic N) is 2. The second-order valence-electron chi connectivity index (χ2n) is 2.32. The fraction of sp³-hybridized carbons (Fsp3) is 0. The van der Waals surface area contributed by atoms with Gasteiger partial charge in [0, 0.05) is 33.4 Å². The van der Waals surface area contributed by atoms with Crippen molar-refractivity contribution in [1.82, 2.24) is 0 Å². The molecule has 0 atom stereocenters. The van der Waals surface area contributed by atoms with Gasteiger partial charge in [0.15, 0.2) is 5.75 Å². The summed E-state index contributed by atoms with van der Waals surface area (Å²) in [6.45, 7) is 0. The molecule has 0 unspecified atom stereocenters. The second-order valence-corrected chi connectivity index (χ2v) is 2.32. The molecule has 0 saturated heterocycles. The van der Waals surface area contributed by atoms with Crippen LogP contribution in [0, 0.1) is 20.2 Å². The molecule has 78 valence electrons. The van der Waals surface area contributed by atoms with Crippen LogP contribution in [-0.2, 0) is 0 Å². The minimum Gasteiger partial charge on any atom is -0.502 e. The second kappa shape index (κ2) is 4.86. The summed E-state index contributed by atoms with van der Waals surface area (Å²) in [7, 11) is 0. The molecule has 1 aromatic rings. The molecule has 15 heavy (non-hydrogen) atoms. The number of benzene rings is 1. The predicted octanol–water partition coefficient (Wildman–Crippen LogP) is 0.533. The van der Waals surface area contributed by atoms with Gasteiger partial charge in [-0.05, 0) is 6.07 Å².